The van der Waals surface area contributed by atoms with Crippen LogP contribution in [0.15, 0.2) is 46.9 Å². The van der Waals surface area contributed by atoms with Gasteiger partial charge in [-0.15, -0.1) is 0 Å². The molecule has 0 saturated heterocycles. The molecule has 0 aliphatic rings. The maximum absolute atomic E-state index is 12.5. The highest BCUT2D eigenvalue weighted by atomic mass is 79.9. The van der Waals surface area contributed by atoms with E-state index in [-0.39, 0.29) is 5.91 Å². The van der Waals surface area contributed by atoms with E-state index in [0.717, 1.165) is 22.1 Å². The van der Waals surface area contributed by atoms with Crippen LogP contribution in [0.1, 0.15) is 28.4 Å². The van der Waals surface area contributed by atoms with Gasteiger partial charge >= 0.3 is 0 Å². The molecule has 1 amide bonds. The fraction of sp³-hybridized carbons (Fsp3) is 0.235. The van der Waals surface area contributed by atoms with E-state index < -0.39 is 0 Å². The summed E-state index contributed by atoms with van der Waals surface area (Å²) >= 11 is 3.43. The number of carbonyl (C=O) groups is 1. The normalized spacial score (nSPS) is 10.4. The summed E-state index contributed by atoms with van der Waals surface area (Å²) in [5.41, 5.74) is 3.94. The standard InChI is InChI=1S/C17H18BrNO/c1-4-13-5-7-16(8-6-13)19(3)17(20)14-9-12(2)10-15(18)11-14/h5-11H,4H2,1-3H3. The minimum atomic E-state index is -0.00125. The van der Waals surface area contributed by atoms with E-state index >= 15 is 0 Å². The van der Waals surface area contributed by atoms with Gasteiger partial charge in [-0.3, -0.25) is 4.79 Å². The monoisotopic (exact) mass is 331 g/mol. The number of hydrogen-bond donors (Lipinski definition) is 0. The second-order valence-electron chi connectivity index (χ2n) is 4.90. The number of rotatable bonds is 3. The highest BCUT2D eigenvalue weighted by Crippen LogP contribution is 2.20. The van der Waals surface area contributed by atoms with Crippen LogP contribution in [0.3, 0.4) is 0 Å². The van der Waals surface area contributed by atoms with Crippen molar-refractivity contribution in [2.45, 2.75) is 20.3 Å². The van der Waals surface area contributed by atoms with Crippen molar-refractivity contribution >= 4 is 27.5 Å². The first kappa shape index (κ1) is 14.8. The molecule has 2 rings (SSSR count). The highest BCUT2D eigenvalue weighted by molar-refractivity contribution is 9.10. The molecule has 0 fully saturated rings. The minimum absolute atomic E-state index is 0.00125. The first-order chi connectivity index (χ1) is 9.51. The van der Waals surface area contributed by atoms with Crippen LogP contribution < -0.4 is 4.90 Å². The van der Waals surface area contributed by atoms with Crippen LogP contribution in [0, 0.1) is 6.92 Å². The molecule has 0 heterocycles. The first-order valence-corrected chi connectivity index (χ1v) is 7.44. The van der Waals surface area contributed by atoms with Crippen LogP contribution in [0.4, 0.5) is 5.69 Å². The van der Waals surface area contributed by atoms with Crippen LogP contribution in [-0.4, -0.2) is 13.0 Å². The van der Waals surface area contributed by atoms with Gasteiger partial charge in [0.1, 0.15) is 0 Å². The predicted molar refractivity (Wildman–Crippen MR) is 87.4 cm³/mol. The molecule has 2 nitrogen and oxygen atoms in total. The van der Waals surface area contributed by atoms with Crippen LogP contribution >= 0.6 is 15.9 Å². The maximum Gasteiger partial charge on any atom is 0.258 e. The van der Waals surface area contributed by atoms with Crippen molar-refractivity contribution < 1.29 is 4.79 Å². The van der Waals surface area contributed by atoms with Gasteiger partial charge in [0, 0.05) is 22.8 Å². The van der Waals surface area contributed by atoms with Gasteiger partial charge in [0.05, 0.1) is 0 Å². The molecule has 20 heavy (non-hydrogen) atoms. The summed E-state index contributed by atoms with van der Waals surface area (Å²) in [6, 6.07) is 13.8. The molecular formula is C17H18BrNO. The number of nitrogens with zero attached hydrogens (tertiary/aromatic N) is 1. The van der Waals surface area contributed by atoms with Crippen molar-refractivity contribution in [3.8, 4) is 0 Å². The molecule has 0 bridgehead atoms. The Morgan fingerprint density at radius 3 is 2.35 bits per heavy atom. The highest BCUT2D eigenvalue weighted by Gasteiger charge is 2.14. The average Bonchev–Trinajstić information content (AvgIpc) is 2.45. The maximum atomic E-state index is 12.5. The lowest BCUT2D eigenvalue weighted by molar-refractivity contribution is 0.0993. The number of halogens is 1. The molecule has 0 N–H and O–H groups in total. The van der Waals surface area contributed by atoms with Gasteiger partial charge in [0.15, 0.2) is 0 Å². The van der Waals surface area contributed by atoms with E-state index in [1.807, 2.05) is 37.3 Å². The molecule has 0 atom stereocenters. The van der Waals surface area contributed by atoms with Crippen LogP contribution in [-0.2, 0) is 6.42 Å². The summed E-state index contributed by atoms with van der Waals surface area (Å²) in [6.45, 7) is 4.10. The van der Waals surface area contributed by atoms with Crippen LogP contribution in [0.5, 0.6) is 0 Å². The van der Waals surface area contributed by atoms with Crippen molar-refractivity contribution in [3.63, 3.8) is 0 Å². The molecular weight excluding hydrogens is 314 g/mol. The van der Waals surface area contributed by atoms with E-state index in [2.05, 4.69) is 35.0 Å². The quantitative estimate of drug-likeness (QED) is 0.805. The van der Waals surface area contributed by atoms with E-state index in [1.54, 1.807) is 11.9 Å². The van der Waals surface area contributed by atoms with Crippen LogP contribution in [0.25, 0.3) is 0 Å². The molecule has 2 aromatic carbocycles. The Balaban J connectivity index is 2.27. The first-order valence-electron chi connectivity index (χ1n) is 6.65. The largest absolute Gasteiger partial charge is 0.311 e. The third-order valence-electron chi connectivity index (χ3n) is 3.33. The lowest BCUT2D eigenvalue weighted by atomic mass is 10.1. The molecule has 104 valence electrons. The third kappa shape index (κ3) is 3.28. The third-order valence-corrected chi connectivity index (χ3v) is 3.78. The smallest absolute Gasteiger partial charge is 0.258 e. The van der Waals surface area contributed by atoms with Gasteiger partial charge in [-0.2, -0.15) is 0 Å². The topological polar surface area (TPSA) is 20.3 Å². The number of hydrogen-bond acceptors (Lipinski definition) is 1. The average molecular weight is 332 g/mol. The Morgan fingerprint density at radius 2 is 1.80 bits per heavy atom. The summed E-state index contributed by atoms with van der Waals surface area (Å²) in [6.07, 6.45) is 1.00. The summed E-state index contributed by atoms with van der Waals surface area (Å²) in [5, 5.41) is 0. The molecule has 0 aliphatic heterocycles. The molecule has 3 heteroatoms. The van der Waals surface area contributed by atoms with Gasteiger partial charge < -0.3 is 4.90 Å². The van der Waals surface area contributed by atoms with Gasteiger partial charge in [-0.1, -0.05) is 35.0 Å². The van der Waals surface area contributed by atoms with Crippen molar-refractivity contribution in [2.75, 3.05) is 11.9 Å². The molecule has 0 radical (unpaired) electrons. The van der Waals surface area contributed by atoms with Crippen molar-refractivity contribution in [1.82, 2.24) is 0 Å². The Hall–Kier alpha value is -1.61. The molecule has 2 aromatic rings. The lowest BCUT2D eigenvalue weighted by Gasteiger charge is -2.18. The molecule has 0 saturated carbocycles. The predicted octanol–water partition coefficient (Wildman–Crippen LogP) is 4.60. The Labute approximate surface area is 128 Å². The number of benzene rings is 2. The van der Waals surface area contributed by atoms with Crippen molar-refractivity contribution in [3.05, 3.63) is 63.6 Å². The zero-order valence-corrected chi connectivity index (χ0v) is 13.6. The number of amides is 1. The summed E-state index contributed by atoms with van der Waals surface area (Å²) in [4.78, 5) is 14.2. The Bertz CT molecular complexity index is 599. The zero-order chi connectivity index (χ0) is 14.7. The van der Waals surface area contributed by atoms with Crippen LogP contribution in [0.2, 0.25) is 0 Å². The molecule has 0 spiro atoms. The zero-order valence-electron chi connectivity index (χ0n) is 12.0. The lowest BCUT2D eigenvalue weighted by Crippen LogP contribution is -2.26. The molecule has 0 unspecified atom stereocenters. The van der Waals surface area contributed by atoms with Crippen molar-refractivity contribution in [2.24, 2.45) is 0 Å². The summed E-state index contributed by atoms with van der Waals surface area (Å²) in [7, 11) is 1.81. The number of anilines is 1. The van der Waals surface area contributed by atoms with E-state index in [1.165, 1.54) is 5.56 Å². The van der Waals surface area contributed by atoms with Crippen molar-refractivity contribution in [1.29, 1.82) is 0 Å². The van der Waals surface area contributed by atoms with Gasteiger partial charge in [0.25, 0.3) is 5.91 Å². The van der Waals surface area contributed by atoms with E-state index in [9.17, 15) is 4.79 Å². The van der Waals surface area contributed by atoms with Gasteiger partial charge in [-0.25, -0.2) is 0 Å². The fourth-order valence-electron chi connectivity index (χ4n) is 2.13. The summed E-state index contributed by atoms with van der Waals surface area (Å²) in [5.74, 6) is -0.00125. The SMILES string of the molecule is CCc1ccc(N(C)C(=O)c2cc(C)cc(Br)c2)cc1. The number of carbonyl (C=O) groups excluding carboxylic acids is 1. The number of aryl methyl sites for hydroxylation is 2. The second kappa shape index (κ2) is 6.23. The van der Waals surface area contributed by atoms with E-state index in [0.29, 0.717) is 5.56 Å². The van der Waals surface area contributed by atoms with Gasteiger partial charge in [-0.05, 0) is 54.8 Å². The molecule has 0 aliphatic carbocycles. The summed E-state index contributed by atoms with van der Waals surface area (Å²) < 4.78 is 0.926. The fourth-order valence-corrected chi connectivity index (χ4v) is 2.73. The minimum Gasteiger partial charge on any atom is -0.311 e. The van der Waals surface area contributed by atoms with E-state index in [4.69, 9.17) is 0 Å². The van der Waals surface area contributed by atoms with Gasteiger partial charge in [0.2, 0.25) is 0 Å². The Morgan fingerprint density at radius 1 is 1.15 bits per heavy atom. The second-order valence-corrected chi connectivity index (χ2v) is 5.82. The Kier molecular flexibility index (Phi) is 4.61. The molecule has 0 aromatic heterocycles.